The van der Waals surface area contributed by atoms with E-state index in [2.05, 4.69) is 53.0 Å². The minimum absolute atomic E-state index is 0.578. The van der Waals surface area contributed by atoms with Crippen molar-refractivity contribution in [1.82, 2.24) is 0 Å². The second kappa shape index (κ2) is 5.37. The molecule has 0 N–H and O–H groups in total. The van der Waals surface area contributed by atoms with E-state index in [1.165, 1.54) is 11.3 Å². The van der Waals surface area contributed by atoms with Crippen LogP contribution in [0.2, 0.25) is 0 Å². The first-order valence-electron chi connectivity index (χ1n) is 5.16. The van der Waals surface area contributed by atoms with Crippen LogP contribution in [0.15, 0.2) is 41.1 Å². The number of halogens is 1. The zero-order chi connectivity index (χ0) is 11.4. The predicted octanol–water partition coefficient (Wildman–Crippen LogP) is 4.12. The van der Waals surface area contributed by atoms with Crippen LogP contribution in [0.4, 0.5) is 5.69 Å². The van der Waals surface area contributed by atoms with E-state index >= 15 is 0 Å². The van der Waals surface area contributed by atoms with Crippen molar-refractivity contribution in [2.24, 2.45) is 0 Å². The third-order valence-electron chi connectivity index (χ3n) is 2.53. The minimum Gasteiger partial charge on any atom is -0.370 e. The number of thiophene rings is 1. The van der Waals surface area contributed by atoms with Crippen molar-refractivity contribution >= 4 is 28.6 Å². The van der Waals surface area contributed by atoms with E-state index in [0.29, 0.717) is 5.88 Å². The van der Waals surface area contributed by atoms with E-state index in [4.69, 9.17) is 11.6 Å². The van der Waals surface area contributed by atoms with E-state index in [1.807, 2.05) is 0 Å². The van der Waals surface area contributed by atoms with E-state index < -0.39 is 0 Å². The maximum atomic E-state index is 5.76. The quantitative estimate of drug-likeness (QED) is 0.739. The molecule has 0 saturated heterocycles. The summed E-state index contributed by atoms with van der Waals surface area (Å²) in [6, 6.07) is 10.5. The molecule has 0 spiro atoms. The lowest BCUT2D eigenvalue weighted by molar-refractivity contribution is 0.927. The standard InChI is InChI=1S/C13H14ClNS/c1-15(9-12-6-7-16-10-12)13-4-2-11(8-14)3-5-13/h2-7,10H,8-9H2,1H3. The average Bonchev–Trinajstić information content (AvgIpc) is 2.82. The molecule has 0 radical (unpaired) electrons. The third kappa shape index (κ3) is 2.77. The summed E-state index contributed by atoms with van der Waals surface area (Å²) in [6.07, 6.45) is 0. The molecule has 0 aliphatic carbocycles. The van der Waals surface area contributed by atoms with Crippen LogP contribution in [0.1, 0.15) is 11.1 Å². The van der Waals surface area contributed by atoms with Gasteiger partial charge >= 0.3 is 0 Å². The Hall–Kier alpha value is -0.990. The van der Waals surface area contributed by atoms with Crippen molar-refractivity contribution in [3.05, 3.63) is 52.2 Å². The van der Waals surface area contributed by atoms with Crippen molar-refractivity contribution < 1.29 is 0 Å². The SMILES string of the molecule is CN(Cc1ccsc1)c1ccc(CCl)cc1. The van der Waals surface area contributed by atoms with Crippen molar-refractivity contribution in [1.29, 1.82) is 0 Å². The topological polar surface area (TPSA) is 3.24 Å². The van der Waals surface area contributed by atoms with Crippen LogP contribution in [0.3, 0.4) is 0 Å². The van der Waals surface area contributed by atoms with Crippen molar-refractivity contribution in [2.45, 2.75) is 12.4 Å². The Kier molecular flexibility index (Phi) is 3.86. The molecule has 2 rings (SSSR count). The molecule has 0 saturated carbocycles. The van der Waals surface area contributed by atoms with Crippen LogP contribution in [-0.4, -0.2) is 7.05 Å². The van der Waals surface area contributed by atoms with Gasteiger partial charge in [-0.25, -0.2) is 0 Å². The second-order valence-corrected chi connectivity index (χ2v) is 4.84. The Bertz CT molecular complexity index is 422. The van der Waals surface area contributed by atoms with Gasteiger partial charge in [-0.2, -0.15) is 11.3 Å². The zero-order valence-corrected chi connectivity index (χ0v) is 10.8. The molecular weight excluding hydrogens is 238 g/mol. The van der Waals surface area contributed by atoms with Crippen LogP contribution < -0.4 is 4.90 Å². The molecular formula is C13H14ClNS. The lowest BCUT2D eigenvalue weighted by Gasteiger charge is -2.18. The summed E-state index contributed by atoms with van der Waals surface area (Å²) in [5.41, 5.74) is 3.74. The Labute approximate surface area is 105 Å². The molecule has 3 heteroatoms. The van der Waals surface area contributed by atoms with Crippen molar-refractivity contribution in [3.8, 4) is 0 Å². The highest BCUT2D eigenvalue weighted by Gasteiger charge is 2.02. The van der Waals surface area contributed by atoms with Crippen LogP contribution in [0, 0.1) is 0 Å². The molecule has 1 heterocycles. The van der Waals surface area contributed by atoms with Crippen LogP contribution in [0.5, 0.6) is 0 Å². The highest BCUT2D eigenvalue weighted by atomic mass is 35.5. The summed E-state index contributed by atoms with van der Waals surface area (Å²) in [7, 11) is 2.10. The van der Waals surface area contributed by atoms with Gasteiger partial charge in [-0.15, -0.1) is 11.6 Å². The smallest absolute Gasteiger partial charge is 0.0474 e. The molecule has 0 amide bonds. The predicted molar refractivity (Wildman–Crippen MR) is 72.4 cm³/mol. The van der Waals surface area contributed by atoms with E-state index in [0.717, 1.165) is 12.1 Å². The van der Waals surface area contributed by atoms with Gasteiger partial charge in [0.05, 0.1) is 0 Å². The summed E-state index contributed by atoms with van der Waals surface area (Å²) >= 11 is 7.50. The van der Waals surface area contributed by atoms with Gasteiger partial charge in [0.25, 0.3) is 0 Å². The van der Waals surface area contributed by atoms with Gasteiger partial charge in [-0.3, -0.25) is 0 Å². The molecule has 1 aromatic heterocycles. The lowest BCUT2D eigenvalue weighted by Crippen LogP contribution is -2.15. The Morgan fingerprint density at radius 1 is 1.12 bits per heavy atom. The van der Waals surface area contributed by atoms with E-state index in [-0.39, 0.29) is 0 Å². The molecule has 1 aromatic carbocycles. The molecule has 0 bridgehead atoms. The molecule has 0 aliphatic heterocycles. The lowest BCUT2D eigenvalue weighted by atomic mass is 10.2. The summed E-state index contributed by atoms with van der Waals surface area (Å²) in [5, 5.41) is 4.30. The summed E-state index contributed by atoms with van der Waals surface area (Å²) in [5.74, 6) is 0.578. The first kappa shape index (κ1) is 11.5. The second-order valence-electron chi connectivity index (χ2n) is 3.79. The normalized spacial score (nSPS) is 10.4. The molecule has 2 aromatic rings. The van der Waals surface area contributed by atoms with Gasteiger partial charge in [-0.05, 0) is 40.1 Å². The van der Waals surface area contributed by atoms with Crippen molar-refractivity contribution in [3.63, 3.8) is 0 Å². The Morgan fingerprint density at radius 3 is 2.44 bits per heavy atom. The minimum atomic E-state index is 0.578. The Morgan fingerprint density at radius 2 is 1.88 bits per heavy atom. The van der Waals surface area contributed by atoms with Gasteiger partial charge in [0.2, 0.25) is 0 Å². The maximum Gasteiger partial charge on any atom is 0.0474 e. The largest absolute Gasteiger partial charge is 0.370 e. The third-order valence-corrected chi connectivity index (χ3v) is 3.57. The highest BCUT2D eigenvalue weighted by Crippen LogP contribution is 2.18. The fourth-order valence-electron chi connectivity index (χ4n) is 1.59. The Balaban J connectivity index is 2.05. The van der Waals surface area contributed by atoms with Gasteiger partial charge in [0.15, 0.2) is 0 Å². The molecule has 0 fully saturated rings. The van der Waals surface area contributed by atoms with Gasteiger partial charge < -0.3 is 4.90 Å². The molecule has 16 heavy (non-hydrogen) atoms. The number of benzene rings is 1. The monoisotopic (exact) mass is 251 g/mol. The van der Waals surface area contributed by atoms with Crippen LogP contribution in [0.25, 0.3) is 0 Å². The fraction of sp³-hybridized carbons (Fsp3) is 0.231. The molecule has 84 valence electrons. The first-order valence-corrected chi connectivity index (χ1v) is 6.64. The molecule has 0 unspecified atom stereocenters. The van der Waals surface area contributed by atoms with Crippen molar-refractivity contribution in [2.75, 3.05) is 11.9 Å². The van der Waals surface area contributed by atoms with Gasteiger partial charge in [0.1, 0.15) is 0 Å². The van der Waals surface area contributed by atoms with Gasteiger partial charge in [-0.1, -0.05) is 12.1 Å². The number of anilines is 1. The molecule has 0 aliphatic rings. The van der Waals surface area contributed by atoms with Crippen LogP contribution >= 0.6 is 22.9 Å². The molecule has 0 atom stereocenters. The number of hydrogen-bond donors (Lipinski definition) is 0. The highest BCUT2D eigenvalue weighted by molar-refractivity contribution is 7.07. The van der Waals surface area contributed by atoms with Gasteiger partial charge in [0, 0.05) is 25.2 Å². The summed E-state index contributed by atoms with van der Waals surface area (Å²) < 4.78 is 0. The van der Waals surface area contributed by atoms with E-state index in [9.17, 15) is 0 Å². The van der Waals surface area contributed by atoms with Crippen LogP contribution in [-0.2, 0) is 12.4 Å². The number of nitrogens with zero attached hydrogens (tertiary/aromatic N) is 1. The first-order chi connectivity index (χ1) is 7.79. The maximum absolute atomic E-state index is 5.76. The number of hydrogen-bond acceptors (Lipinski definition) is 2. The fourth-order valence-corrected chi connectivity index (χ4v) is 2.43. The molecule has 1 nitrogen and oxygen atoms in total. The number of rotatable bonds is 4. The summed E-state index contributed by atoms with van der Waals surface area (Å²) in [4.78, 5) is 2.24. The average molecular weight is 252 g/mol. The number of alkyl halides is 1. The summed E-state index contributed by atoms with van der Waals surface area (Å²) in [6.45, 7) is 0.948. The van der Waals surface area contributed by atoms with E-state index in [1.54, 1.807) is 11.3 Å². The zero-order valence-electron chi connectivity index (χ0n) is 9.19.